The molecule has 1 atom stereocenters. The lowest BCUT2D eigenvalue weighted by Crippen LogP contribution is -2.49. The highest BCUT2D eigenvalue weighted by Gasteiger charge is 2.34. The molecule has 0 unspecified atom stereocenters. The maximum Gasteiger partial charge on any atom is 0.287 e. The number of benzene rings is 1. The monoisotopic (exact) mass is 474 g/mol. The van der Waals surface area contributed by atoms with Crippen molar-refractivity contribution in [1.29, 1.82) is 0 Å². The molecular formula is C27H30N4O4. The number of amides is 3. The minimum atomic E-state index is -0.922. The van der Waals surface area contributed by atoms with Crippen LogP contribution in [0.5, 0.6) is 0 Å². The van der Waals surface area contributed by atoms with Gasteiger partial charge in [-0.05, 0) is 49.6 Å². The Labute approximate surface area is 204 Å². The highest BCUT2D eigenvalue weighted by Crippen LogP contribution is 2.29. The normalized spacial score (nSPS) is 14.7. The first-order chi connectivity index (χ1) is 17.0. The SMILES string of the molecule is Cc1ccc([C@@H](C(=O)NC2CCCCC2)N(C(=O)CNC(=O)c2ccco2)c2cccnc2)cc1. The molecule has 0 bridgehead atoms. The lowest BCUT2D eigenvalue weighted by molar-refractivity contribution is -0.127. The number of anilines is 1. The van der Waals surface area contributed by atoms with Crippen LogP contribution in [0.4, 0.5) is 5.69 Å². The van der Waals surface area contributed by atoms with Gasteiger partial charge in [0, 0.05) is 12.2 Å². The summed E-state index contributed by atoms with van der Waals surface area (Å²) >= 11 is 0. The van der Waals surface area contributed by atoms with Gasteiger partial charge in [0.1, 0.15) is 6.04 Å². The van der Waals surface area contributed by atoms with E-state index in [-0.39, 0.29) is 24.3 Å². The van der Waals surface area contributed by atoms with Gasteiger partial charge in [-0.15, -0.1) is 0 Å². The van der Waals surface area contributed by atoms with Gasteiger partial charge in [-0.1, -0.05) is 49.1 Å². The lowest BCUT2D eigenvalue weighted by Gasteiger charge is -2.33. The Morgan fingerprint density at radius 2 is 1.83 bits per heavy atom. The van der Waals surface area contributed by atoms with Crippen LogP contribution in [-0.4, -0.2) is 35.3 Å². The zero-order valence-corrected chi connectivity index (χ0v) is 19.8. The van der Waals surface area contributed by atoms with Crippen LogP contribution in [0.3, 0.4) is 0 Å². The summed E-state index contributed by atoms with van der Waals surface area (Å²) in [6.45, 7) is 1.66. The third-order valence-electron chi connectivity index (χ3n) is 6.19. The Hall–Kier alpha value is -3.94. The quantitative estimate of drug-likeness (QED) is 0.515. The smallest absolute Gasteiger partial charge is 0.287 e. The predicted molar refractivity (Wildman–Crippen MR) is 132 cm³/mol. The molecule has 1 fully saturated rings. The molecule has 2 aromatic heterocycles. The Bertz CT molecular complexity index is 1120. The third-order valence-corrected chi connectivity index (χ3v) is 6.19. The van der Waals surface area contributed by atoms with Crippen LogP contribution in [0.25, 0.3) is 0 Å². The van der Waals surface area contributed by atoms with E-state index in [4.69, 9.17) is 4.42 Å². The van der Waals surface area contributed by atoms with E-state index in [9.17, 15) is 14.4 Å². The molecule has 2 heterocycles. The molecule has 1 saturated carbocycles. The van der Waals surface area contributed by atoms with Gasteiger partial charge in [0.15, 0.2) is 5.76 Å². The zero-order chi connectivity index (χ0) is 24.6. The number of hydrogen-bond acceptors (Lipinski definition) is 5. The van der Waals surface area contributed by atoms with Crippen LogP contribution in [0.1, 0.15) is 59.8 Å². The Morgan fingerprint density at radius 1 is 1.06 bits per heavy atom. The van der Waals surface area contributed by atoms with Crippen molar-refractivity contribution in [3.05, 3.63) is 84.1 Å². The molecule has 35 heavy (non-hydrogen) atoms. The number of carbonyl (C=O) groups is 3. The second kappa shape index (κ2) is 11.5. The van der Waals surface area contributed by atoms with Gasteiger partial charge >= 0.3 is 0 Å². The molecular weight excluding hydrogens is 444 g/mol. The molecule has 1 aliphatic carbocycles. The fraction of sp³-hybridized carbons (Fsp3) is 0.333. The van der Waals surface area contributed by atoms with Gasteiger partial charge in [0.05, 0.1) is 24.7 Å². The van der Waals surface area contributed by atoms with E-state index in [1.54, 1.807) is 30.6 Å². The first kappa shape index (κ1) is 24.2. The number of aryl methyl sites for hydroxylation is 1. The fourth-order valence-corrected chi connectivity index (χ4v) is 4.36. The zero-order valence-electron chi connectivity index (χ0n) is 19.8. The van der Waals surface area contributed by atoms with Crippen LogP contribution in [0, 0.1) is 6.92 Å². The van der Waals surface area contributed by atoms with Gasteiger partial charge in [-0.25, -0.2) is 0 Å². The van der Waals surface area contributed by atoms with E-state index < -0.39 is 17.9 Å². The summed E-state index contributed by atoms with van der Waals surface area (Å²) < 4.78 is 5.11. The molecule has 0 aliphatic heterocycles. The predicted octanol–water partition coefficient (Wildman–Crippen LogP) is 3.94. The van der Waals surface area contributed by atoms with Gasteiger partial charge in [-0.3, -0.25) is 24.3 Å². The first-order valence-electron chi connectivity index (χ1n) is 11.9. The van der Waals surface area contributed by atoms with Gasteiger partial charge < -0.3 is 15.1 Å². The largest absolute Gasteiger partial charge is 0.459 e. The van der Waals surface area contributed by atoms with Crippen LogP contribution in [0.15, 0.2) is 71.6 Å². The van der Waals surface area contributed by atoms with Crippen molar-refractivity contribution in [3.8, 4) is 0 Å². The number of nitrogens with one attached hydrogen (secondary N) is 2. The number of carbonyl (C=O) groups excluding carboxylic acids is 3. The van der Waals surface area contributed by atoms with E-state index in [0.717, 1.165) is 31.2 Å². The maximum atomic E-state index is 13.7. The number of nitrogens with zero attached hydrogens (tertiary/aromatic N) is 2. The van der Waals surface area contributed by atoms with E-state index in [2.05, 4.69) is 15.6 Å². The average Bonchev–Trinajstić information content (AvgIpc) is 3.43. The molecule has 8 heteroatoms. The van der Waals surface area contributed by atoms with Crippen molar-refractivity contribution in [2.45, 2.75) is 51.1 Å². The summed E-state index contributed by atoms with van der Waals surface area (Å²) in [5, 5.41) is 5.76. The van der Waals surface area contributed by atoms with Gasteiger partial charge in [0.2, 0.25) is 11.8 Å². The van der Waals surface area contributed by atoms with Crippen LogP contribution < -0.4 is 15.5 Å². The highest BCUT2D eigenvalue weighted by molar-refractivity contribution is 6.04. The molecule has 3 aromatic rings. The summed E-state index contributed by atoms with van der Waals surface area (Å²) in [6.07, 6.45) is 9.70. The molecule has 0 spiro atoms. The Morgan fingerprint density at radius 3 is 2.49 bits per heavy atom. The summed E-state index contributed by atoms with van der Waals surface area (Å²) in [7, 11) is 0. The van der Waals surface area contributed by atoms with Crippen LogP contribution in [-0.2, 0) is 9.59 Å². The molecule has 8 nitrogen and oxygen atoms in total. The van der Waals surface area contributed by atoms with Crippen molar-refractivity contribution in [2.24, 2.45) is 0 Å². The number of furan rings is 1. The molecule has 182 valence electrons. The molecule has 0 saturated heterocycles. The number of pyridine rings is 1. The molecule has 1 aliphatic rings. The highest BCUT2D eigenvalue weighted by atomic mass is 16.3. The number of aromatic nitrogens is 1. The van der Waals surface area contributed by atoms with Gasteiger partial charge in [0.25, 0.3) is 5.91 Å². The standard InChI is InChI=1S/C27H30N4O4/c1-19-11-13-20(14-12-19)25(27(34)30-21-7-3-2-4-8-21)31(22-9-5-15-28-17-22)24(32)18-29-26(33)23-10-6-16-35-23/h5-6,9-17,21,25H,2-4,7-8,18H2,1H3,(H,29,33)(H,30,34)/t25-/m0/s1. The number of hydrogen-bond donors (Lipinski definition) is 2. The van der Waals surface area contributed by atoms with Gasteiger partial charge in [-0.2, -0.15) is 0 Å². The minimum Gasteiger partial charge on any atom is -0.459 e. The molecule has 0 radical (unpaired) electrons. The summed E-state index contributed by atoms with van der Waals surface area (Å²) in [6, 6.07) is 13.3. The average molecular weight is 475 g/mol. The van der Waals surface area contributed by atoms with Crippen molar-refractivity contribution < 1.29 is 18.8 Å². The molecule has 4 rings (SSSR count). The summed E-state index contributed by atoms with van der Waals surface area (Å²) in [4.78, 5) is 45.2. The second-order valence-electron chi connectivity index (χ2n) is 8.79. The summed E-state index contributed by atoms with van der Waals surface area (Å²) in [5.74, 6) is -1.10. The van der Waals surface area contributed by atoms with E-state index in [1.807, 2.05) is 31.2 Å². The van der Waals surface area contributed by atoms with Crippen molar-refractivity contribution in [2.75, 3.05) is 11.4 Å². The van der Waals surface area contributed by atoms with Crippen LogP contribution in [0.2, 0.25) is 0 Å². The Kier molecular flexibility index (Phi) is 7.92. The van der Waals surface area contributed by atoms with E-state index in [1.165, 1.54) is 23.7 Å². The number of rotatable bonds is 8. The second-order valence-corrected chi connectivity index (χ2v) is 8.79. The van der Waals surface area contributed by atoms with Crippen molar-refractivity contribution in [1.82, 2.24) is 15.6 Å². The lowest BCUT2D eigenvalue weighted by atomic mass is 9.94. The fourth-order valence-electron chi connectivity index (χ4n) is 4.36. The maximum absolute atomic E-state index is 13.7. The van der Waals surface area contributed by atoms with E-state index >= 15 is 0 Å². The Balaban J connectivity index is 1.65. The van der Waals surface area contributed by atoms with Crippen molar-refractivity contribution >= 4 is 23.4 Å². The molecule has 2 N–H and O–H groups in total. The minimum absolute atomic E-state index is 0.0775. The first-order valence-corrected chi connectivity index (χ1v) is 11.9. The van der Waals surface area contributed by atoms with Crippen LogP contribution >= 0.6 is 0 Å². The third kappa shape index (κ3) is 6.15. The summed E-state index contributed by atoms with van der Waals surface area (Å²) in [5.41, 5.74) is 2.19. The molecule has 1 aromatic carbocycles. The van der Waals surface area contributed by atoms with Crippen molar-refractivity contribution in [3.63, 3.8) is 0 Å². The van der Waals surface area contributed by atoms with E-state index in [0.29, 0.717) is 11.3 Å². The molecule has 3 amide bonds. The topological polar surface area (TPSA) is 105 Å².